The molecule has 0 atom stereocenters. The van der Waals surface area contributed by atoms with Gasteiger partial charge in [0.1, 0.15) is 0 Å². The molecule has 2 heterocycles. The van der Waals surface area contributed by atoms with Crippen LogP contribution in [0.1, 0.15) is 29.8 Å². The molecule has 1 saturated heterocycles. The molecule has 0 saturated carbocycles. The molecule has 9 nitrogen and oxygen atoms in total. The standard InChI is InChI=1S/C25H30N4O5S2/c1-18(2)16-29-23(21-5-4-6-22(15-21)36(31,32)28-11-13-34-14-12-28)26-27-25(29)35-17-19-7-9-20(10-8-19)24(30)33-3/h4-10,15,18H,11-14,16-17H2,1-3H3. The Hall–Kier alpha value is -2.73. The zero-order valence-electron chi connectivity index (χ0n) is 20.6. The van der Waals surface area contributed by atoms with Crippen LogP contribution in [-0.4, -0.2) is 66.9 Å². The first-order valence-electron chi connectivity index (χ1n) is 11.7. The van der Waals surface area contributed by atoms with Gasteiger partial charge in [0, 0.05) is 31.0 Å². The maximum absolute atomic E-state index is 13.2. The van der Waals surface area contributed by atoms with E-state index < -0.39 is 10.0 Å². The number of hydrogen-bond donors (Lipinski definition) is 0. The molecular formula is C25H30N4O5S2. The summed E-state index contributed by atoms with van der Waals surface area (Å²) in [6.07, 6.45) is 0. The Morgan fingerprint density at radius 2 is 1.83 bits per heavy atom. The van der Waals surface area contributed by atoms with E-state index >= 15 is 0 Å². The second-order valence-corrected chi connectivity index (χ2v) is 11.7. The van der Waals surface area contributed by atoms with Gasteiger partial charge >= 0.3 is 5.97 Å². The molecule has 36 heavy (non-hydrogen) atoms. The SMILES string of the molecule is COC(=O)c1ccc(CSc2nnc(-c3cccc(S(=O)(=O)N4CCOCC4)c3)n2CC(C)C)cc1. The Labute approximate surface area is 215 Å². The number of methoxy groups -OCH3 is 1. The number of carbonyl (C=O) groups excluding carboxylic acids is 1. The highest BCUT2D eigenvalue weighted by atomic mass is 32.2. The molecule has 1 aromatic heterocycles. The number of aromatic nitrogens is 3. The van der Waals surface area contributed by atoms with Crippen molar-refractivity contribution in [3.63, 3.8) is 0 Å². The number of hydrogen-bond acceptors (Lipinski definition) is 8. The van der Waals surface area contributed by atoms with Crippen LogP contribution < -0.4 is 0 Å². The number of rotatable bonds is 9. The molecule has 0 N–H and O–H groups in total. The predicted molar refractivity (Wildman–Crippen MR) is 137 cm³/mol. The molecule has 0 bridgehead atoms. The van der Waals surface area contributed by atoms with Gasteiger partial charge in [-0.05, 0) is 35.7 Å². The van der Waals surface area contributed by atoms with E-state index in [4.69, 9.17) is 9.47 Å². The normalized spacial score (nSPS) is 14.8. The van der Waals surface area contributed by atoms with Crippen molar-refractivity contribution in [2.45, 2.75) is 36.2 Å². The number of carbonyl (C=O) groups is 1. The van der Waals surface area contributed by atoms with E-state index in [0.29, 0.717) is 61.5 Å². The molecule has 1 aliphatic rings. The van der Waals surface area contributed by atoms with Gasteiger partial charge < -0.3 is 14.0 Å². The minimum atomic E-state index is -3.62. The lowest BCUT2D eigenvalue weighted by Gasteiger charge is -2.26. The fraction of sp³-hybridized carbons (Fsp3) is 0.400. The molecular weight excluding hydrogens is 500 g/mol. The highest BCUT2D eigenvalue weighted by Crippen LogP contribution is 2.29. The van der Waals surface area contributed by atoms with Gasteiger partial charge in [0.15, 0.2) is 11.0 Å². The number of nitrogens with zero attached hydrogens (tertiary/aromatic N) is 4. The molecule has 1 aliphatic heterocycles. The molecule has 0 spiro atoms. The van der Waals surface area contributed by atoms with Crippen LogP contribution in [0.3, 0.4) is 0 Å². The summed E-state index contributed by atoms with van der Waals surface area (Å²) in [5.74, 6) is 1.24. The van der Waals surface area contributed by atoms with Crippen molar-refractivity contribution in [2.24, 2.45) is 5.92 Å². The van der Waals surface area contributed by atoms with Crippen LogP contribution in [0.25, 0.3) is 11.4 Å². The second kappa shape index (κ2) is 11.5. The lowest BCUT2D eigenvalue weighted by Crippen LogP contribution is -2.40. The van der Waals surface area contributed by atoms with Gasteiger partial charge in [0.2, 0.25) is 10.0 Å². The molecule has 0 aliphatic carbocycles. The Morgan fingerprint density at radius 1 is 1.11 bits per heavy atom. The van der Waals surface area contributed by atoms with Gasteiger partial charge in [-0.2, -0.15) is 4.31 Å². The van der Waals surface area contributed by atoms with E-state index in [1.807, 2.05) is 22.8 Å². The number of sulfonamides is 1. The number of esters is 1. The molecule has 192 valence electrons. The molecule has 11 heteroatoms. The molecule has 2 aromatic carbocycles. The largest absolute Gasteiger partial charge is 0.465 e. The van der Waals surface area contributed by atoms with Crippen molar-refractivity contribution >= 4 is 27.8 Å². The monoisotopic (exact) mass is 530 g/mol. The highest BCUT2D eigenvalue weighted by molar-refractivity contribution is 7.98. The zero-order chi connectivity index (χ0) is 25.7. The van der Waals surface area contributed by atoms with Crippen LogP contribution in [0.2, 0.25) is 0 Å². The first-order valence-corrected chi connectivity index (χ1v) is 14.1. The Bertz CT molecular complexity index is 1300. The summed E-state index contributed by atoms with van der Waals surface area (Å²) < 4.78 is 39.9. The lowest BCUT2D eigenvalue weighted by atomic mass is 10.1. The van der Waals surface area contributed by atoms with Gasteiger partial charge in [0.25, 0.3) is 0 Å². The molecule has 0 radical (unpaired) electrons. The molecule has 4 rings (SSSR count). The maximum Gasteiger partial charge on any atom is 0.337 e. The Kier molecular flexibility index (Phi) is 8.45. The summed E-state index contributed by atoms with van der Waals surface area (Å²) in [5, 5.41) is 9.61. The van der Waals surface area contributed by atoms with Crippen molar-refractivity contribution in [1.82, 2.24) is 19.1 Å². The first-order chi connectivity index (χ1) is 17.3. The van der Waals surface area contributed by atoms with E-state index in [1.165, 1.54) is 11.4 Å². The molecule has 0 unspecified atom stereocenters. The third-order valence-electron chi connectivity index (χ3n) is 5.71. The maximum atomic E-state index is 13.2. The highest BCUT2D eigenvalue weighted by Gasteiger charge is 2.27. The van der Waals surface area contributed by atoms with Crippen LogP contribution in [-0.2, 0) is 31.8 Å². The summed E-state index contributed by atoms with van der Waals surface area (Å²) in [7, 11) is -2.26. The second-order valence-electron chi connectivity index (χ2n) is 8.83. The average Bonchev–Trinajstić information content (AvgIpc) is 3.29. The van der Waals surface area contributed by atoms with E-state index in [1.54, 1.807) is 42.1 Å². The number of benzene rings is 2. The smallest absolute Gasteiger partial charge is 0.337 e. The number of morpholine rings is 1. The van der Waals surface area contributed by atoms with Crippen LogP contribution in [0, 0.1) is 5.92 Å². The summed E-state index contributed by atoms with van der Waals surface area (Å²) >= 11 is 1.54. The van der Waals surface area contributed by atoms with Crippen molar-refractivity contribution in [1.29, 1.82) is 0 Å². The number of ether oxygens (including phenoxy) is 2. The van der Waals surface area contributed by atoms with Crippen LogP contribution in [0.4, 0.5) is 0 Å². The Balaban J connectivity index is 1.58. The van der Waals surface area contributed by atoms with Gasteiger partial charge in [-0.3, -0.25) is 0 Å². The van der Waals surface area contributed by atoms with E-state index in [9.17, 15) is 13.2 Å². The average molecular weight is 531 g/mol. The van der Waals surface area contributed by atoms with Crippen molar-refractivity contribution in [3.05, 3.63) is 59.7 Å². The number of thioether (sulfide) groups is 1. The van der Waals surface area contributed by atoms with Gasteiger partial charge in [-0.1, -0.05) is 49.9 Å². The van der Waals surface area contributed by atoms with Crippen LogP contribution >= 0.6 is 11.8 Å². The lowest BCUT2D eigenvalue weighted by molar-refractivity contribution is 0.0600. The van der Waals surface area contributed by atoms with E-state index in [0.717, 1.165) is 10.7 Å². The predicted octanol–water partition coefficient (Wildman–Crippen LogP) is 3.70. The van der Waals surface area contributed by atoms with Crippen LogP contribution in [0.5, 0.6) is 0 Å². The summed E-state index contributed by atoms with van der Waals surface area (Å²) in [4.78, 5) is 11.9. The third kappa shape index (κ3) is 5.97. The molecule has 3 aromatic rings. The fourth-order valence-corrected chi connectivity index (χ4v) is 6.23. The first kappa shape index (κ1) is 26.3. The Morgan fingerprint density at radius 3 is 2.50 bits per heavy atom. The summed E-state index contributed by atoms with van der Waals surface area (Å²) in [6.45, 7) is 6.40. The van der Waals surface area contributed by atoms with Gasteiger partial charge in [-0.15, -0.1) is 10.2 Å². The third-order valence-corrected chi connectivity index (χ3v) is 8.64. The van der Waals surface area contributed by atoms with Gasteiger partial charge in [-0.25, -0.2) is 13.2 Å². The van der Waals surface area contributed by atoms with E-state index in [-0.39, 0.29) is 10.9 Å². The van der Waals surface area contributed by atoms with Crippen molar-refractivity contribution in [2.75, 3.05) is 33.4 Å². The summed E-state index contributed by atoms with van der Waals surface area (Å²) in [6, 6.07) is 14.2. The van der Waals surface area contributed by atoms with E-state index in [2.05, 4.69) is 24.0 Å². The zero-order valence-corrected chi connectivity index (χ0v) is 22.2. The topological polar surface area (TPSA) is 104 Å². The molecule has 1 fully saturated rings. The minimum absolute atomic E-state index is 0.237. The quantitative estimate of drug-likeness (QED) is 0.305. The minimum Gasteiger partial charge on any atom is -0.465 e. The molecule has 0 amide bonds. The summed E-state index contributed by atoms with van der Waals surface area (Å²) in [5.41, 5.74) is 2.24. The van der Waals surface area contributed by atoms with Gasteiger partial charge in [0.05, 0.1) is 30.8 Å². The van der Waals surface area contributed by atoms with Crippen molar-refractivity contribution in [3.8, 4) is 11.4 Å². The van der Waals surface area contributed by atoms with Crippen LogP contribution in [0.15, 0.2) is 58.6 Å². The fourth-order valence-electron chi connectivity index (χ4n) is 3.87. The van der Waals surface area contributed by atoms with Crippen molar-refractivity contribution < 1.29 is 22.7 Å².